The van der Waals surface area contributed by atoms with Gasteiger partial charge in [-0.25, -0.2) is 0 Å². The van der Waals surface area contributed by atoms with Crippen molar-refractivity contribution in [1.29, 1.82) is 5.26 Å². The van der Waals surface area contributed by atoms with Gasteiger partial charge in [0.15, 0.2) is 5.40 Å². The molecule has 4 heteroatoms. The topological polar surface area (TPSA) is 56.0 Å². The number of nitrogens with zero attached hydrogens (tertiary/aromatic N) is 1. The summed E-state index contributed by atoms with van der Waals surface area (Å²) in [6, 6.07) is 0. The van der Waals surface area contributed by atoms with Gasteiger partial charge in [0.1, 0.15) is 0 Å². The van der Waals surface area contributed by atoms with E-state index in [1.54, 1.807) is 10.3 Å². The summed E-state index contributed by atoms with van der Waals surface area (Å²) in [5.41, 5.74) is 0. The second-order valence-corrected chi connectivity index (χ2v) is 0.854. The van der Waals surface area contributed by atoms with E-state index in [1.807, 2.05) is 0 Å². The Morgan fingerprint density at radius 2 is 2.60 bits per heavy atom. The maximum absolute atomic E-state index is 7.56. The second kappa shape index (κ2) is 3.76. The number of thiocyanates is 1. The molecule has 0 fully saturated rings. The van der Waals surface area contributed by atoms with E-state index in [2.05, 4.69) is 0 Å². The summed E-state index contributed by atoms with van der Waals surface area (Å²) < 4.78 is 0. The lowest BCUT2D eigenvalue weighted by molar-refractivity contribution is 0.259. The fourth-order valence-electron chi connectivity index (χ4n) is 0.0204. The Morgan fingerprint density at radius 1 is 2.00 bits per heavy atom. The van der Waals surface area contributed by atoms with Gasteiger partial charge < -0.3 is 5.21 Å². The smallest absolute Gasteiger partial charge is 0.151 e. The van der Waals surface area contributed by atoms with Gasteiger partial charge in [-0.1, -0.05) is 0 Å². The van der Waals surface area contributed by atoms with Crippen LogP contribution >= 0.6 is 11.9 Å². The highest BCUT2D eigenvalue weighted by Crippen LogP contribution is 1.78. The van der Waals surface area contributed by atoms with Gasteiger partial charge >= 0.3 is 0 Å². The van der Waals surface area contributed by atoms with E-state index in [0.717, 1.165) is 0 Å². The Labute approximate surface area is 33.7 Å². The molecule has 0 aliphatic carbocycles. The molecule has 0 aromatic rings. The molecule has 0 amide bonds. The van der Waals surface area contributed by atoms with E-state index in [4.69, 9.17) is 10.5 Å². The average molecular weight is 90.1 g/mol. The maximum atomic E-state index is 7.56. The van der Waals surface area contributed by atoms with E-state index in [-0.39, 0.29) is 0 Å². The molecule has 0 saturated heterocycles. The lowest BCUT2D eigenvalue weighted by Crippen LogP contribution is -1.86. The molecule has 0 radical (unpaired) electrons. The number of nitrogens with one attached hydrogen (secondary N) is 1. The van der Waals surface area contributed by atoms with Crippen molar-refractivity contribution < 1.29 is 5.21 Å². The number of rotatable bonds is 1. The molecule has 28 valence electrons. The van der Waals surface area contributed by atoms with E-state index < -0.39 is 0 Å². The monoisotopic (exact) mass is 90.0 g/mol. The zero-order valence-electron chi connectivity index (χ0n) is 2.30. The second-order valence-electron chi connectivity index (χ2n) is 0.285. The fraction of sp³-hybridized carbons (Fsp3) is 0. The predicted octanol–water partition coefficient (Wildman–Crippen LogP) is 0.0945. The third-order valence-electron chi connectivity index (χ3n) is 0.0913. The van der Waals surface area contributed by atoms with E-state index >= 15 is 0 Å². The van der Waals surface area contributed by atoms with Gasteiger partial charge in [-0.2, -0.15) is 5.26 Å². The number of hydrogen-bond donors (Lipinski definition) is 2. The Bertz CT molecular complexity index is 48.1. The van der Waals surface area contributed by atoms with Gasteiger partial charge in [0.05, 0.1) is 11.9 Å². The van der Waals surface area contributed by atoms with Gasteiger partial charge in [0.2, 0.25) is 0 Å². The van der Waals surface area contributed by atoms with Crippen LogP contribution in [-0.4, -0.2) is 5.21 Å². The van der Waals surface area contributed by atoms with Crippen LogP contribution in [0.1, 0.15) is 0 Å². The molecule has 0 rings (SSSR count). The van der Waals surface area contributed by atoms with Crippen molar-refractivity contribution in [3.05, 3.63) is 0 Å². The van der Waals surface area contributed by atoms with E-state index in [0.29, 0.717) is 11.9 Å². The van der Waals surface area contributed by atoms with Crippen molar-refractivity contribution in [1.82, 2.24) is 4.89 Å². The summed E-state index contributed by atoms with van der Waals surface area (Å²) in [6.07, 6.45) is 0. The van der Waals surface area contributed by atoms with Crippen LogP contribution in [0.25, 0.3) is 0 Å². The molecule has 0 spiro atoms. The SMILES string of the molecule is N#CSNO. The first-order valence-corrected chi connectivity index (χ1v) is 1.67. The van der Waals surface area contributed by atoms with Gasteiger partial charge in [0, 0.05) is 0 Å². The minimum Gasteiger partial charge on any atom is -0.305 e. The molecule has 0 atom stereocenters. The maximum Gasteiger partial charge on any atom is 0.151 e. The Morgan fingerprint density at radius 3 is 2.60 bits per heavy atom. The van der Waals surface area contributed by atoms with Crippen molar-refractivity contribution in [2.75, 3.05) is 0 Å². The number of hydrogen-bond acceptors (Lipinski definition) is 4. The normalized spacial score (nSPS) is 6.40. The Kier molecular flexibility index (Phi) is 3.58. The average Bonchev–Trinajstić information content (AvgIpc) is 1.41. The molecule has 0 unspecified atom stereocenters. The van der Waals surface area contributed by atoms with Crippen LogP contribution in [0.15, 0.2) is 0 Å². The largest absolute Gasteiger partial charge is 0.305 e. The Hall–Kier alpha value is -0.240. The predicted molar refractivity (Wildman–Crippen MR) is 18.1 cm³/mol. The van der Waals surface area contributed by atoms with Gasteiger partial charge in [0.25, 0.3) is 0 Å². The first kappa shape index (κ1) is 4.76. The molecule has 0 aliphatic heterocycles. The van der Waals surface area contributed by atoms with Crippen molar-refractivity contribution in [3.8, 4) is 5.40 Å². The lowest BCUT2D eigenvalue weighted by Gasteiger charge is -1.71. The molecule has 0 saturated carbocycles. The van der Waals surface area contributed by atoms with Crippen LogP contribution in [0.4, 0.5) is 0 Å². The minimum absolute atomic E-state index is 0.574. The highest BCUT2D eigenvalue weighted by Gasteiger charge is 1.63. The van der Waals surface area contributed by atoms with E-state index in [9.17, 15) is 0 Å². The highest BCUT2D eigenvalue weighted by atomic mass is 32.2. The summed E-state index contributed by atoms with van der Waals surface area (Å²) in [4.78, 5) is 1.57. The summed E-state index contributed by atoms with van der Waals surface area (Å²) in [5.74, 6) is 0. The summed E-state index contributed by atoms with van der Waals surface area (Å²) in [5, 5.41) is 16.7. The molecule has 0 aromatic heterocycles. The van der Waals surface area contributed by atoms with Crippen molar-refractivity contribution in [2.24, 2.45) is 0 Å². The van der Waals surface area contributed by atoms with E-state index in [1.165, 1.54) is 0 Å². The molecule has 2 N–H and O–H groups in total. The molecule has 0 aromatic carbocycles. The third kappa shape index (κ3) is 3.76. The number of nitriles is 1. The lowest BCUT2D eigenvalue weighted by atomic mass is 11.8. The highest BCUT2D eigenvalue weighted by molar-refractivity contribution is 8.01. The Balaban J connectivity index is 2.48. The fourth-order valence-corrected chi connectivity index (χ4v) is 0.0612. The van der Waals surface area contributed by atoms with Crippen LogP contribution in [-0.2, 0) is 0 Å². The van der Waals surface area contributed by atoms with Crippen molar-refractivity contribution in [3.63, 3.8) is 0 Å². The van der Waals surface area contributed by atoms with Crippen LogP contribution < -0.4 is 4.89 Å². The van der Waals surface area contributed by atoms with Gasteiger partial charge in [-0.05, 0) is 0 Å². The molecule has 0 bridgehead atoms. The molecule has 0 heterocycles. The first-order chi connectivity index (χ1) is 2.41. The minimum atomic E-state index is 0.574. The zero-order chi connectivity index (χ0) is 4.12. The molecule has 0 aliphatic rings. The molecular formula is CH2N2OS. The van der Waals surface area contributed by atoms with Crippen LogP contribution in [0.3, 0.4) is 0 Å². The quantitative estimate of drug-likeness (QED) is 0.272. The van der Waals surface area contributed by atoms with Gasteiger partial charge in [-0.3, -0.25) is 0 Å². The standard InChI is InChI=1S/CH2N2OS/c2-1-5-3-4/h3-4H. The van der Waals surface area contributed by atoms with Crippen LogP contribution in [0.2, 0.25) is 0 Å². The summed E-state index contributed by atoms with van der Waals surface area (Å²) in [7, 11) is 0. The van der Waals surface area contributed by atoms with Crippen LogP contribution in [0.5, 0.6) is 0 Å². The first-order valence-electron chi connectivity index (χ1n) is 0.855. The summed E-state index contributed by atoms with van der Waals surface area (Å²) in [6.45, 7) is 0. The third-order valence-corrected chi connectivity index (χ3v) is 0.274. The van der Waals surface area contributed by atoms with Crippen LogP contribution in [0, 0.1) is 10.7 Å². The van der Waals surface area contributed by atoms with Gasteiger partial charge in [-0.15, -0.1) is 4.89 Å². The zero-order valence-corrected chi connectivity index (χ0v) is 3.12. The summed E-state index contributed by atoms with van der Waals surface area (Å²) >= 11 is 0.574. The van der Waals surface area contributed by atoms with Crippen molar-refractivity contribution >= 4 is 11.9 Å². The van der Waals surface area contributed by atoms with Crippen molar-refractivity contribution in [2.45, 2.75) is 0 Å². The molecule has 5 heavy (non-hydrogen) atoms. The molecule has 3 nitrogen and oxygen atoms in total. The molecular weight excluding hydrogens is 88.1 g/mol.